The van der Waals surface area contributed by atoms with Gasteiger partial charge in [-0.15, -0.1) is 28.5 Å². The van der Waals surface area contributed by atoms with Crippen LogP contribution < -0.4 is 15.4 Å². The lowest BCUT2D eigenvalue weighted by atomic mass is 10.1. The molecule has 3 heterocycles. The number of hydrogen-bond donors (Lipinski definition) is 2. The molecule has 16 heteroatoms. The van der Waals surface area contributed by atoms with Gasteiger partial charge in [-0.25, -0.2) is 0 Å². The smallest absolute Gasteiger partial charge is 0.406 e. The molecule has 0 bridgehead atoms. The van der Waals surface area contributed by atoms with Crippen LogP contribution in [0.1, 0.15) is 29.1 Å². The normalized spacial score (nSPS) is 11.3. The molecule has 3 aromatic heterocycles. The van der Waals surface area contributed by atoms with Gasteiger partial charge in [0.15, 0.2) is 5.82 Å². The van der Waals surface area contributed by atoms with Crippen molar-refractivity contribution in [1.29, 1.82) is 0 Å². The van der Waals surface area contributed by atoms with E-state index in [1.54, 1.807) is 18.3 Å². The number of nitrogens with zero attached hydrogens (tertiary/aromatic N) is 6. The molecule has 2 amide bonds. The summed E-state index contributed by atoms with van der Waals surface area (Å²) in [6.45, 7) is 0.0137. The van der Waals surface area contributed by atoms with Gasteiger partial charge in [0.1, 0.15) is 17.3 Å². The average Bonchev–Trinajstić information content (AvgIpc) is 3.50. The Labute approximate surface area is 234 Å². The minimum absolute atomic E-state index is 0.0137. The Kier molecular flexibility index (Phi) is 9.60. The number of halogens is 4. The summed E-state index contributed by atoms with van der Waals surface area (Å²) in [6.07, 6.45) is 0.976. The van der Waals surface area contributed by atoms with Crippen molar-refractivity contribution in [3.05, 3.63) is 70.1 Å². The average molecular weight is 595 g/mol. The fourth-order valence-corrected chi connectivity index (χ4v) is 4.46. The number of carbonyl (C=O) groups is 2. The zero-order valence-corrected chi connectivity index (χ0v) is 22.3. The molecule has 0 spiro atoms. The van der Waals surface area contributed by atoms with Crippen molar-refractivity contribution in [2.45, 2.75) is 45.0 Å². The number of alkyl halides is 3. The number of hydrogen-bond acceptors (Lipinski definition) is 9. The predicted molar refractivity (Wildman–Crippen MR) is 140 cm³/mol. The second kappa shape index (κ2) is 13.3. The SMILES string of the molecule is O=C(Cc1cccc(OC(F)(F)F)c1)Nc1ccc(CCCCc2nnc(NC(=O)Cn3cc(Cl)cn3)s2)nn1. The van der Waals surface area contributed by atoms with Gasteiger partial charge in [0, 0.05) is 12.6 Å². The lowest BCUT2D eigenvalue weighted by Crippen LogP contribution is -2.18. The molecule has 0 saturated carbocycles. The van der Waals surface area contributed by atoms with Crippen LogP contribution in [0, 0.1) is 0 Å². The maximum atomic E-state index is 12.4. The lowest BCUT2D eigenvalue weighted by molar-refractivity contribution is -0.274. The minimum Gasteiger partial charge on any atom is -0.406 e. The summed E-state index contributed by atoms with van der Waals surface area (Å²) < 4.78 is 42.5. The van der Waals surface area contributed by atoms with Gasteiger partial charge in [0.25, 0.3) is 0 Å². The Morgan fingerprint density at radius 1 is 1.00 bits per heavy atom. The topological polar surface area (TPSA) is 137 Å². The molecule has 11 nitrogen and oxygen atoms in total. The first-order valence-corrected chi connectivity index (χ1v) is 13.1. The molecular weight excluding hydrogens is 573 g/mol. The van der Waals surface area contributed by atoms with Crippen molar-refractivity contribution in [1.82, 2.24) is 30.2 Å². The second-order valence-corrected chi connectivity index (χ2v) is 9.94. The monoisotopic (exact) mass is 594 g/mol. The Balaban J connectivity index is 1.15. The fourth-order valence-electron chi connectivity index (χ4n) is 3.50. The standard InChI is InChI=1S/C24H22ClF3N8O3S/c25-16-12-29-36(13-16)14-21(38)31-23-35-34-22(40-23)7-2-1-5-17-8-9-19(33-32-17)30-20(37)11-15-4-3-6-18(10-15)39-24(26,27)28/h3-4,6,8-10,12-13H,1-2,5,7,11,14H2,(H,30,33,37)(H,31,35,38). The number of nitrogens with one attached hydrogen (secondary N) is 2. The van der Waals surface area contributed by atoms with E-state index in [0.29, 0.717) is 28.6 Å². The quantitative estimate of drug-likeness (QED) is 0.229. The number of ether oxygens (including phenoxy) is 1. The third kappa shape index (κ3) is 9.57. The van der Waals surface area contributed by atoms with Crippen LogP contribution in [0.5, 0.6) is 5.75 Å². The van der Waals surface area contributed by atoms with Gasteiger partial charge >= 0.3 is 6.36 Å². The van der Waals surface area contributed by atoms with Crippen molar-refractivity contribution < 1.29 is 27.5 Å². The Bertz CT molecular complexity index is 1450. The van der Waals surface area contributed by atoms with E-state index in [1.165, 1.54) is 34.3 Å². The van der Waals surface area contributed by atoms with Gasteiger partial charge in [-0.1, -0.05) is 35.1 Å². The molecule has 0 atom stereocenters. The van der Waals surface area contributed by atoms with Crippen LogP contribution in [0.25, 0.3) is 0 Å². The van der Waals surface area contributed by atoms with Crippen LogP contribution in [0.15, 0.2) is 48.8 Å². The predicted octanol–water partition coefficient (Wildman–Crippen LogP) is 4.46. The van der Waals surface area contributed by atoms with E-state index in [4.69, 9.17) is 11.6 Å². The van der Waals surface area contributed by atoms with Gasteiger partial charge < -0.3 is 10.1 Å². The van der Waals surface area contributed by atoms with E-state index < -0.39 is 18.0 Å². The first-order valence-electron chi connectivity index (χ1n) is 11.9. The van der Waals surface area contributed by atoms with Crippen molar-refractivity contribution in [2.75, 3.05) is 10.6 Å². The molecule has 40 heavy (non-hydrogen) atoms. The molecule has 0 aliphatic carbocycles. The van der Waals surface area contributed by atoms with Crippen LogP contribution in [-0.2, 0) is 35.4 Å². The van der Waals surface area contributed by atoms with Crippen LogP contribution in [0.4, 0.5) is 24.1 Å². The molecule has 0 aliphatic heterocycles. The van der Waals surface area contributed by atoms with E-state index in [2.05, 4.69) is 40.9 Å². The molecular formula is C24H22ClF3N8O3S. The summed E-state index contributed by atoms with van der Waals surface area (Å²) in [4.78, 5) is 24.4. The third-order valence-electron chi connectivity index (χ3n) is 5.18. The van der Waals surface area contributed by atoms with E-state index in [0.717, 1.165) is 35.7 Å². The highest BCUT2D eigenvalue weighted by atomic mass is 35.5. The highest BCUT2D eigenvalue weighted by Crippen LogP contribution is 2.23. The lowest BCUT2D eigenvalue weighted by Gasteiger charge is -2.10. The largest absolute Gasteiger partial charge is 0.573 e. The first-order chi connectivity index (χ1) is 19.1. The van der Waals surface area contributed by atoms with Crippen LogP contribution >= 0.6 is 22.9 Å². The number of aromatic nitrogens is 6. The van der Waals surface area contributed by atoms with Gasteiger partial charge in [0.2, 0.25) is 16.9 Å². The van der Waals surface area contributed by atoms with Gasteiger partial charge in [-0.2, -0.15) is 10.2 Å². The Morgan fingerprint density at radius 2 is 1.82 bits per heavy atom. The van der Waals surface area contributed by atoms with E-state index >= 15 is 0 Å². The summed E-state index contributed by atoms with van der Waals surface area (Å²) in [7, 11) is 0. The zero-order chi connectivity index (χ0) is 28.5. The van der Waals surface area contributed by atoms with Crippen molar-refractivity contribution in [3.63, 3.8) is 0 Å². The Hall–Kier alpha value is -4.11. The van der Waals surface area contributed by atoms with Gasteiger partial charge in [0.05, 0.1) is 23.3 Å². The summed E-state index contributed by atoms with van der Waals surface area (Å²) in [5.41, 5.74) is 1.09. The molecule has 2 N–H and O–H groups in total. The molecule has 0 fully saturated rings. The molecule has 4 rings (SSSR count). The molecule has 210 valence electrons. The van der Waals surface area contributed by atoms with Crippen LogP contribution in [-0.4, -0.2) is 48.4 Å². The van der Waals surface area contributed by atoms with Gasteiger partial charge in [-0.05, 0) is 49.1 Å². The molecule has 0 unspecified atom stereocenters. The second-order valence-electron chi connectivity index (χ2n) is 8.44. The number of aryl methyl sites for hydroxylation is 2. The highest BCUT2D eigenvalue weighted by molar-refractivity contribution is 7.15. The number of carbonyl (C=O) groups excluding carboxylic acids is 2. The fraction of sp³-hybridized carbons (Fsp3) is 0.292. The van der Waals surface area contributed by atoms with Crippen molar-refractivity contribution >= 4 is 45.7 Å². The summed E-state index contributed by atoms with van der Waals surface area (Å²) in [5, 5.41) is 27.1. The van der Waals surface area contributed by atoms with Crippen molar-refractivity contribution in [3.8, 4) is 5.75 Å². The van der Waals surface area contributed by atoms with E-state index in [9.17, 15) is 22.8 Å². The number of amides is 2. The minimum atomic E-state index is -4.81. The third-order valence-corrected chi connectivity index (χ3v) is 6.27. The number of rotatable bonds is 12. The zero-order valence-electron chi connectivity index (χ0n) is 20.7. The first kappa shape index (κ1) is 28.9. The number of unbranched alkanes of at least 4 members (excludes halogenated alkanes) is 1. The molecule has 1 aromatic carbocycles. The van der Waals surface area contributed by atoms with Crippen LogP contribution in [0.3, 0.4) is 0 Å². The maximum Gasteiger partial charge on any atom is 0.573 e. The van der Waals surface area contributed by atoms with Crippen molar-refractivity contribution in [2.24, 2.45) is 0 Å². The molecule has 0 radical (unpaired) electrons. The molecule has 4 aromatic rings. The number of anilines is 2. The summed E-state index contributed by atoms with van der Waals surface area (Å²) in [6, 6.07) is 8.57. The van der Waals surface area contributed by atoms with E-state index in [1.807, 2.05) is 0 Å². The highest BCUT2D eigenvalue weighted by Gasteiger charge is 2.31. The Morgan fingerprint density at radius 3 is 2.55 bits per heavy atom. The molecule has 0 saturated heterocycles. The summed E-state index contributed by atoms with van der Waals surface area (Å²) >= 11 is 7.09. The summed E-state index contributed by atoms with van der Waals surface area (Å²) in [5.74, 6) is -0.904. The molecule has 0 aliphatic rings. The van der Waals surface area contributed by atoms with Crippen LogP contribution in [0.2, 0.25) is 5.02 Å². The maximum absolute atomic E-state index is 12.4. The van der Waals surface area contributed by atoms with E-state index in [-0.39, 0.29) is 24.7 Å². The number of benzene rings is 1. The van der Waals surface area contributed by atoms with Gasteiger partial charge in [-0.3, -0.25) is 19.6 Å².